The van der Waals surface area contributed by atoms with Crippen LogP contribution in [0.5, 0.6) is 0 Å². The molecule has 0 aliphatic heterocycles. The highest BCUT2D eigenvalue weighted by atomic mass is 16.5. The molecule has 0 spiro atoms. The number of ether oxygens (including phenoxy) is 2. The molecule has 1 amide bonds. The summed E-state index contributed by atoms with van der Waals surface area (Å²) in [4.78, 5) is 21.4. The molecule has 0 radical (unpaired) electrons. The summed E-state index contributed by atoms with van der Waals surface area (Å²) in [6.45, 7) is 0.973. The molecule has 6 nitrogen and oxygen atoms in total. The lowest BCUT2D eigenvalue weighted by molar-refractivity contribution is -0.159. The van der Waals surface area contributed by atoms with Crippen LogP contribution < -0.4 is 5.32 Å². The van der Waals surface area contributed by atoms with Crippen LogP contribution in [0.15, 0.2) is 0 Å². The maximum absolute atomic E-state index is 10.9. The zero-order valence-corrected chi connectivity index (χ0v) is 7.79. The van der Waals surface area contributed by atoms with Crippen molar-refractivity contribution in [3.63, 3.8) is 0 Å². The van der Waals surface area contributed by atoms with Gasteiger partial charge >= 0.3 is 12.1 Å². The first-order valence-corrected chi connectivity index (χ1v) is 3.56. The molecule has 76 valence electrons. The molecule has 0 bridgehead atoms. The Morgan fingerprint density at radius 1 is 1.38 bits per heavy atom. The van der Waals surface area contributed by atoms with Crippen molar-refractivity contribution >= 4 is 12.1 Å². The normalized spacial score (nSPS) is 14.2. The van der Waals surface area contributed by atoms with E-state index in [9.17, 15) is 14.7 Å². The molecule has 0 rings (SSSR count). The number of carbonyl (C=O) groups excluding carboxylic acids is 2. The average Bonchev–Trinajstić information content (AvgIpc) is 2.12. The highest BCUT2D eigenvalue weighted by molar-refractivity contribution is 5.79. The van der Waals surface area contributed by atoms with Gasteiger partial charge in [-0.25, -0.2) is 9.59 Å². The molecule has 0 heterocycles. The second-order valence-electron chi connectivity index (χ2n) is 2.61. The predicted octanol–water partition coefficient (Wildman–Crippen LogP) is -0.734. The van der Waals surface area contributed by atoms with Crippen LogP contribution in [-0.4, -0.2) is 43.5 Å². The van der Waals surface area contributed by atoms with Gasteiger partial charge < -0.3 is 19.9 Å². The van der Waals surface area contributed by atoms with Gasteiger partial charge in [0.25, 0.3) is 0 Å². The van der Waals surface area contributed by atoms with Gasteiger partial charge in [-0.15, -0.1) is 0 Å². The van der Waals surface area contributed by atoms with Crippen LogP contribution >= 0.6 is 0 Å². The molecule has 0 fully saturated rings. The Balaban J connectivity index is 4.03. The van der Waals surface area contributed by atoms with E-state index >= 15 is 0 Å². The third-order valence-corrected chi connectivity index (χ3v) is 1.39. The lowest BCUT2D eigenvalue weighted by Crippen LogP contribution is -2.47. The summed E-state index contributed by atoms with van der Waals surface area (Å²) in [5.41, 5.74) is -1.73. The van der Waals surface area contributed by atoms with Crippen LogP contribution in [0.4, 0.5) is 4.79 Å². The summed E-state index contributed by atoms with van der Waals surface area (Å²) in [6, 6.07) is 0. The largest absolute Gasteiger partial charge is 0.467 e. The molecule has 1 atom stereocenters. The number of methoxy groups -OCH3 is 2. The number of carbonyl (C=O) groups is 2. The van der Waals surface area contributed by atoms with Crippen molar-refractivity contribution in [1.82, 2.24) is 5.32 Å². The number of rotatable bonds is 3. The number of amides is 1. The van der Waals surface area contributed by atoms with E-state index in [1.54, 1.807) is 0 Å². The summed E-state index contributed by atoms with van der Waals surface area (Å²) >= 11 is 0. The number of alkyl carbamates (subject to hydrolysis) is 1. The summed E-state index contributed by atoms with van der Waals surface area (Å²) in [7, 11) is 2.33. The summed E-state index contributed by atoms with van der Waals surface area (Å²) in [6.07, 6.45) is -0.718. The third kappa shape index (κ3) is 3.75. The molecule has 6 heteroatoms. The van der Waals surface area contributed by atoms with E-state index in [1.165, 1.54) is 14.0 Å². The molecule has 0 aliphatic carbocycles. The van der Waals surface area contributed by atoms with Crippen LogP contribution in [0.3, 0.4) is 0 Å². The van der Waals surface area contributed by atoms with Crippen molar-refractivity contribution < 1.29 is 24.2 Å². The van der Waals surface area contributed by atoms with Crippen molar-refractivity contribution in [2.75, 3.05) is 20.8 Å². The molecular weight excluding hydrogens is 178 g/mol. The Morgan fingerprint density at radius 3 is 2.31 bits per heavy atom. The number of aliphatic hydroxyl groups is 1. The Morgan fingerprint density at radius 2 is 1.92 bits per heavy atom. The van der Waals surface area contributed by atoms with Crippen LogP contribution in [0.2, 0.25) is 0 Å². The molecule has 0 aromatic rings. The molecule has 0 saturated heterocycles. The molecule has 0 aromatic heterocycles. The van der Waals surface area contributed by atoms with Crippen molar-refractivity contribution in [2.45, 2.75) is 12.5 Å². The molecule has 13 heavy (non-hydrogen) atoms. The fourth-order valence-corrected chi connectivity index (χ4v) is 0.608. The zero-order valence-electron chi connectivity index (χ0n) is 7.79. The first kappa shape index (κ1) is 11.7. The Labute approximate surface area is 75.8 Å². The van der Waals surface area contributed by atoms with Crippen LogP contribution in [-0.2, 0) is 14.3 Å². The molecule has 0 unspecified atom stereocenters. The van der Waals surface area contributed by atoms with Crippen LogP contribution in [0, 0.1) is 0 Å². The number of nitrogens with one attached hydrogen (secondary N) is 1. The maximum Gasteiger partial charge on any atom is 0.406 e. The van der Waals surface area contributed by atoms with E-state index in [0.717, 1.165) is 7.11 Å². The minimum absolute atomic E-state index is 0.258. The zero-order chi connectivity index (χ0) is 10.5. The predicted molar refractivity (Wildman–Crippen MR) is 43.0 cm³/mol. The van der Waals surface area contributed by atoms with Gasteiger partial charge in [-0.05, 0) is 6.92 Å². The van der Waals surface area contributed by atoms with Gasteiger partial charge in [0, 0.05) is 0 Å². The Hall–Kier alpha value is -1.30. The molecule has 0 aromatic carbocycles. The highest BCUT2D eigenvalue weighted by Gasteiger charge is 2.31. The van der Waals surface area contributed by atoms with Gasteiger partial charge in [-0.3, -0.25) is 0 Å². The van der Waals surface area contributed by atoms with Crippen molar-refractivity contribution in [3.8, 4) is 0 Å². The van der Waals surface area contributed by atoms with Gasteiger partial charge in [-0.1, -0.05) is 0 Å². The standard InChI is InChI=1S/C7H13NO5/c1-7(11,5(9)12-2)4-8-6(10)13-3/h11H,4H2,1-3H3,(H,8,10)/t7-/m0/s1. The topological polar surface area (TPSA) is 84.9 Å². The van der Waals surface area contributed by atoms with Gasteiger partial charge in [0.15, 0.2) is 5.60 Å². The molecule has 2 N–H and O–H groups in total. The lowest BCUT2D eigenvalue weighted by atomic mass is 10.1. The first-order chi connectivity index (χ1) is 5.94. The second kappa shape index (κ2) is 4.66. The fraction of sp³-hybridized carbons (Fsp3) is 0.714. The van der Waals surface area contributed by atoms with E-state index < -0.39 is 17.7 Å². The maximum atomic E-state index is 10.9. The monoisotopic (exact) mass is 191 g/mol. The summed E-state index contributed by atoms with van der Waals surface area (Å²) < 4.78 is 8.55. The third-order valence-electron chi connectivity index (χ3n) is 1.39. The Bertz CT molecular complexity index is 201. The van der Waals surface area contributed by atoms with E-state index in [1.807, 2.05) is 0 Å². The van der Waals surface area contributed by atoms with Gasteiger partial charge in [0.1, 0.15) is 0 Å². The van der Waals surface area contributed by atoms with E-state index in [-0.39, 0.29) is 6.54 Å². The summed E-state index contributed by atoms with van der Waals surface area (Å²) in [5, 5.41) is 11.6. The smallest absolute Gasteiger partial charge is 0.406 e. The van der Waals surface area contributed by atoms with Crippen LogP contribution in [0.1, 0.15) is 6.92 Å². The quantitative estimate of drug-likeness (QED) is 0.574. The Kier molecular flexibility index (Phi) is 4.19. The average molecular weight is 191 g/mol. The van der Waals surface area contributed by atoms with Gasteiger partial charge in [-0.2, -0.15) is 0 Å². The van der Waals surface area contributed by atoms with Crippen molar-refractivity contribution in [3.05, 3.63) is 0 Å². The minimum atomic E-state index is -1.73. The van der Waals surface area contributed by atoms with Gasteiger partial charge in [0.2, 0.25) is 0 Å². The molecule has 0 aliphatic rings. The number of hydrogen-bond acceptors (Lipinski definition) is 5. The minimum Gasteiger partial charge on any atom is -0.467 e. The fourth-order valence-electron chi connectivity index (χ4n) is 0.608. The van der Waals surface area contributed by atoms with Gasteiger partial charge in [0.05, 0.1) is 20.8 Å². The first-order valence-electron chi connectivity index (χ1n) is 3.56. The van der Waals surface area contributed by atoms with Crippen molar-refractivity contribution in [1.29, 1.82) is 0 Å². The van der Waals surface area contributed by atoms with E-state index in [2.05, 4.69) is 14.8 Å². The summed E-state index contributed by atoms with van der Waals surface area (Å²) in [5.74, 6) is -0.816. The molecule has 0 saturated carbocycles. The number of esters is 1. The molecular formula is C7H13NO5. The van der Waals surface area contributed by atoms with E-state index in [0.29, 0.717) is 0 Å². The number of hydrogen-bond donors (Lipinski definition) is 2. The van der Waals surface area contributed by atoms with Crippen molar-refractivity contribution in [2.24, 2.45) is 0 Å². The highest BCUT2D eigenvalue weighted by Crippen LogP contribution is 2.03. The second-order valence-corrected chi connectivity index (χ2v) is 2.61. The SMILES string of the molecule is COC(=O)NC[C@](C)(O)C(=O)OC. The van der Waals surface area contributed by atoms with E-state index in [4.69, 9.17) is 0 Å². The van der Waals surface area contributed by atoms with Crippen LogP contribution in [0.25, 0.3) is 0 Å². The lowest BCUT2D eigenvalue weighted by Gasteiger charge is -2.19.